The molecule has 0 saturated carbocycles. The lowest BCUT2D eigenvalue weighted by Crippen LogP contribution is -2.08. The van der Waals surface area contributed by atoms with E-state index in [4.69, 9.17) is 5.73 Å². The molecule has 2 N–H and O–H groups in total. The molecule has 9 heavy (non-hydrogen) atoms. The van der Waals surface area contributed by atoms with Crippen LogP contribution in [0, 0.1) is 0 Å². The Morgan fingerprint density at radius 1 is 1.44 bits per heavy atom. The maximum atomic E-state index is 11.2. The van der Waals surface area contributed by atoms with Gasteiger partial charge in [-0.3, -0.25) is 4.99 Å². The van der Waals surface area contributed by atoms with Gasteiger partial charge in [0.1, 0.15) is 0 Å². The summed E-state index contributed by atoms with van der Waals surface area (Å²) in [5.74, 6) is 0. The van der Waals surface area contributed by atoms with Gasteiger partial charge in [-0.1, -0.05) is 0 Å². The minimum absolute atomic E-state index is 0.0872. The van der Waals surface area contributed by atoms with E-state index < -0.39 is 12.6 Å². The van der Waals surface area contributed by atoms with Gasteiger partial charge in [0.05, 0.1) is 13.1 Å². The van der Waals surface area contributed by atoms with Gasteiger partial charge in [0.25, 0.3) is 0 Å². The molecule has 0 fully saturated rings. The molecule has 2 nitrogen and oxygen atoms in total. The van der Waals surface area contributed by atoms with Gasteiger partial charge in [0, 0.05) is 6.21 Å². The molecular weight excluding hydrogens is 133 g/mol. The van der Waals surface area contributed by atoms with E-state index in [0.29, 0.717) is 0 Å². The van der Waals surface area contributed by atoms with Crippen LogP contribution in [0.1, 0.15) is 6.42 Å². The largest absolute Gasteiger partial charge is 0.393 e. The normalized spacial score (nSPS) is 12.9. The van der Waals surface area contributed by atoms with E-state index in [0.717, 1.165) is 6.21 Å². The third-order valence-electron chi connectivity index (χ3n) is 0.557. The number of nitrogens with two attached hydrogens (primary N) is 1. The molecule has 5 heteroatoms. The van der Waals surface area contributed by atoms with Crippen LogP contribution in [-0.2, 0) is 0 Å². The summed E-state index contributed by atoms with van der Waals surface area (Å²) in [5.41, 5.74) is 4.79. The summed E-state index contributed by atoms with van der Waals surface area (Å²) in [7, 11) is 0. The molecule has 0 aliphatic heterocycles. The van der Waals surface area contributed by atoms with Crippen molar-refractivity contribution in [1.82, 2.24) is 0 Å². The van der Waals surface area contributed by atoms with Crippen LogP contribution < -0.4 is 5.73 Å². The molecule has 0 unspecified atom stereocenters. The van der Waals surface area contributed by atoms with E-state index in [1.54, 1.807) is 0 Å². The Bertz CT molecular complexity index is 96.5. The van der Waals surface area contributed by atoms with Crippen LogP contribution in [0.2, 0.25) is 0 Å². The van der Waals surface area contributed by atoms with E-state index >= 15 is 0 Å². The van der Waals surface area contributed by atoms with Crippen molar-refractivity contribution in [2.75, 3.05) is 6.67 Å². The fourth-order valence-electron chi connectivity index (χ4n) is 0.243. The van der Waals surface area contributed by atoms with Crippen LogP contribution in [0.5, 0.6) is 0 Å². The Labute approximate surface area is 50.6 Å². The van der Waals surface area contributed by atoms with Crippen molar-refractivity contribution in [3.05, 3.63) is 0 Å². The number of nitrogens with zero attached hydrogens (tertiary/aromatic N) is 1. The first kappa shape index (κ1) is 8.42. The number of hydrogen-bond acceptors (Lipinski definition) is 2. The van der Waals surface area contributed by atoms with E-state index in [2.05, 4.69) is 4.99 Å². The second-order valence-electron chi connectivity index (χ2n) is 1.37. The highest BCUT2D eigenvalue weighted by molar-refractivity contribution is 5.57. The summed E-state index contributed by atoms with van der Waals surface area (Å²) in [4.78, 5) is 3.19. The lowest BCUT2D eigenvalue weighted by molar-refractivity contribution is -0.120. The van der Waals surface area contributed by atoms with Crippen molar-refractivity contribution in [2.45, 2.75) is 12.6 Å². The van der Waals surface area contributed by atoms with Gasteiger partial charge in [0.15, 0.2) is 0 Å². The highest BCUT2D eigenvalue weighted by atomic mass is 19.4. The molecule has 0 atom stereocenters. The lowest BCUT2D eigenvalue weighted by atomic mass is 10.5. The molecular formula is C4H7F3N2. The first-order chi connectivity index (χ1) is 4.06. The second-order valence-corrected chi connectivity index (χ2v) is 1.37. The van der Waals surface area contributed by atoms with Crippen molar-refractivity contribution >= 4 is 6.21 Å². The van der Waals surface area contributed by atoms with Gasteiger partial charge in [-0.15, -0.1) is 0 Å². The zero-order valence-electron chi connectivity index (χ0n) is 4.65. The third kappa shape index (κ3) is 7.42. The van der Waals surface area contributed by atoms with Gasteiger partial charge in [-0.25, -0.2) is 0 Å². The minimum Gasteiger partial charge on any atom is -0.312 e. The van der Waals surface area contributed by atoms with Gasteiger partial charge in [0.2, 0.25) is 0 Å². The Hall–Kier alpha value is -0.580. The molecule has 0 aliphatic rings. The molecule has 0 saturated heterocycles. The molecule has 0 spiro atoms. The fourth-order valence-corrected chi connectivity index (χ4v) is 0.243. The molecule has 0 bridgehead atoms. The number of halogens is 3. The van der Waals surface area contributed by atoms with Crippen LogP contribution in [0.3, 0.4) is 0 Å². The fraction of sp³-hybridized carbons (Fsp3) is 0.750. The number of alkyl halides is 3. The number of aliphatic imine (C=N–C) groups is 1. The maximum Gasteiger partial charge on any atom is 0.393 e. The van der Waals surface area contributed by atoms with Crippen LogP contribution in [0.4, 0.5) is 13.2 Å². The Morgan fingerprint density at radius 3 is 2.33 bits per heavy atom. The lowest BCUT2D eigenvalue weighted by Gasteiger charge is -1.98. The Kier molecular flexibility index (Phi) is 3.22. The zero-order valence-corrected chi connectivity index (χ0v) is 4.65. The van der Waals surface area contributed by atoms with Crippen molar-refractivity contribution < 1.29 is 13.2 Å². The average Bonchev–Trinajstić information content (AvgIpc) is 1.63. The highest BCUT2D eigenvalue weighted by Gasteiger charge is 2.24. The predicted octanol–water partition coefficient (Wildman–Crippen LogP) is 0.926. The maximum absolute atomic E-state index is 11.2. The predicted molar refractivity (Wildman–Crippen MR) is 28.2 cm³/mol. The molecule has 0 rings (SSSR count). The number of hydrogen-bond donors (Lipinski definition) is 1. The Balaban J connectivity index is 3.38. The molecule has 54 valence electrons. The standard InChI is InChI=1S/C4H7F3N2/c5-4(6,7)1-2-9-3-8/h2H,1,3,8H2. The first-order valence-electron chi connectivity index (χ1n) is 2.31. The monoisotopic (exact) mass is 140 g/mol. The molecule has 0 aromatic heterocycles. The minimum atomic E-state index is -4.15. The molecule has 0 aromatic rings. The van der Waals surface area contributed by atoms with Crippen LogP contribution in [0.25, 0.3) is 0 Å². The summed E-state index contributed by atoms with van der Waals surface area (Å²) in [5, 5.41) is 0. The Morgan fingerprint density at radius 2 is 2.00 bits per heavy atom. The van der Waals surface area contributed by atoms with Gasteiger partial charge >= 0.3 is 6.18 Å². The average molecular weight is 140 g/mol. The third-order valence-corrected chi connectivity index (χ3v) is 0.557. The topological polar surface area (TPSA) is 38.4 Å². The molecule has 0 heterocycles. The van der Waals surface area contributed by atoms with Crippen LogP contribution in [-0.4, -0.2) is 19.1 Å². The summed E-state index contributed by atoms with van der Waals surface area (Å²) in [6.45, 7) is -0.0872. The van der Waals surface area contributed by atoms with Crippen molar-refractivity contribution in [3.63, 3.8) is 0 Å². The molecule has 0 radical (unpaired) electrons. The van der Waals surface area contributed by atoms with Gasteiger partial charge in [-0.05, 0) is 0 Å². The molecule has 0 amide bonds. The van der Waals surface area contributed by atoms with E-state index in [9.17, 15) is 13.2 Å². The smallest absolute Gasteiger partial charge is 0.312 e. The van der Waals surface area contributed by atoms with Gasteiger partial charge < -0.3 is 5.73 Å². The second kappa shape index (κ2) is 3.45. The van der Waals surface area contributed by atoms with E-state index in [1.165, 1.54) is 0 Å². The van der Waals surface area contributed by atoms with Crippen LogP contribution in [0.15, 0.2) is 4.99 Å². The summed E-state index contributed by atoms with van der Waals surface area (Å²) < 4.78 is 33.7. The van der Waals surface area contributed by atoms with Gasteiger partial charge in [-0.2, -0.15) is 13.2 Å². The molecule has 0 aromatic carbocycles. The van der Waals surface area contributed by atoms with Crippen molar-refractivity contribution in [3.8, 4) is 0 Å². The zero-order chi connectivity index (χ0) is 7.33. The number of rotatable bonds is 2. The quantitative estimate of drug-likeness (QED) is 0.569. The van der Waals surface area contributed by atoms with Crippen molar-refractivity contribution in [1.29, 1.82) is 0 Å². The summed E-state index contributed by atoms with van der Waals surface area (Å²) in [6.07, 6.45) is -4.39. The van der Waals surface area contributed by atoms with E-state index in [1.807, 2.05) is 0 Å². The summed E-state index contributed by atoms with van der Waals surface area (Å²) in [6, 6.07) is 0. The van der Waals surface area contributed by atoms with E-state index in [-0.39, 0.29) is 6.67 Å². The van der Waals surface area contributed by atoms with Crippen LogP contribution >= 0.6 is 0 Å². The summed E-state index contributed by atoms with van der Waals surface area (Å²) >= 11 is 0. The SMILES string of the molecule is NCN=CCC(F)(F)F. The first-order valence-corrected chi connectivity index (χ1v) is 2.31. The molecule has 0 aliphatic carbocycles. The van der Waals surface area contributed by atoms with Crippen molar-refractivity contribution in [2.24, 2.45) is 10.7 Å². The highest BCUT2D eigenvalue weighted by Crippen LogP contribution is 2.17.